The number of para-hydroxylation sites is 2. The average molecular weight is 596 g/mol. The van der Waals surface area contributed by atoms with Crippen LogP contribution in [0.4, 0.5) is 11.4 Å². The van der Waals surface area contributed by atoms with Crippen molar-refractivity contribution in [3.05, 3.63) is 142 Å². The second kappa shape index (κ2) is 14.1. The molecule has 0 bridgehead atoms. The molecule has 2 heterocycles. The Kier molecular flexibility index (Phi) is 10.4. The SMILES string of the molecule is Cc1ccc(S[N-]c2cccc3cccnc23)cc1.Cc1ccc(S[N-]c2cccc3cccnc23)cc1.[Zn+2]. The minimum Gasteiger partial charge on any atom is -0.625 e. The van der Waals surface area contributed by atoms with E-state index >= 15 is 0 Å². The molecular weight excluding hydrogens is 570 g/mol. The normalized spacial score (nSPS) is 10.3. The van der Waals surface area contributed by atoms with Crippen molar-refractivity contribution >= 4 is 57.1 Å². The van der Waals surface area contributed by atoms with E-state index in [2.05, 4.69) is 106 Å². The van der Waals surface area contributed by atoms with E-state index in [1.54, 1.807) is 12.4 Å². The molecule has 188 valence electrons. The molecule has 0 N–H and O–H groups in total. The van der Waals surface area contributed by atoms with Crippen LogP contribution in [0.5, 0.6) is 0 Å². The summed E-state index contributed by atoms with van der Waals surface area (Å²) in [7, 11) is 0. The summed E-state index contributed by atoms with van der Waals surface area (Å²) in [6.45, 7) is 4.17. The summed E-state index contributed by atoms with van der Waals surface area (Å²) < 4.78 is 9.18. The van der Waals surface area contributed by atoms with Gasteiger partial charge in [0.2, 0.25) is 0 Å². The van der Waals surface area contributed by atoms with Crippen LogP contribution in [0.25, 0.3) is 31.3 Å². The third-order valence-electron chi connectivity index (χ3n) is 5.76. The Morgan fingerprint density at radius 2 is 0.872 bits per heavy atom. The van der Waals surface area contributed by atoms with Gasteiger partial charge in [-0.25, -0.2) is 23.9 Å². The van der Waals surface area contributed by atoms with Crippen LogP contribution >= 0.6 is 23.9 Å². The van der Waals surface area contributed by atoms with Crippen molar-refractivity contribution in [2.24, 2.45) is 0 Å². The van der Waals surface area contributed by atoms with Gasteiger partial charge < -0.3 is 9.44 Å². The van der Waals surface area contributed by atoms with Crippen LogP contribution in [0.1, 0.15) is 11.1 Å². The van der Waals surface area contributed by atoms with Crippen molar-refractivity contribution < 1.29 is 19.5 Å². The molecule has 0 unspecified atom stereocenters. The van der Waals surface area contributed by atoms with E-state index in [4.69, 9.17) is 0 Å². The molecule has 0 amide bonds. The zero-order chi connectivity index (χ0) is 26.2. The van der Waals surface area contributed by atoms with Gasteiger partial charge in [0.1, 0.15) is 0 Å². The molecule has 0 saturated carbocycles. The summed E-state index contributed by atoms with van der Waals surface area (Å²) in [5, 5.41) is 2.24. The van der Waals surface area contributed by atoms with Gasteiger partial charge >= 0.3 is 19.5 Å². The third kappa shape index (κ3) is 7.82. The van der Waals surface area contributed by atoms with Gasteiger partial charge in [-0.1, -0.05) is 83.9 Å². The van der Waals surface area contributed by atoms with Crippen molar-refractivity contribution in [2.45, 2.75) is 23.6 Å². The Labute approximate surface area is 251 Å². The molecule has 0 aliphatic rings. The van der Waals surface area contributed by atoms with E-state index in [1.807, 2.05) is 36.4 Å². The van der Waals surface area contributed by atoms with Gasteiger partial charge in [-0.05, 0) is 70.8 Å². The molecule has 0 radical (unpaired) electrons. The smallest absolute Gasteiger partial charge is 0.625 e. The largest absolute Gasteiger partial charge is 2.00 e. The fraction of sp³-hybridized carbons (Fsp3) is 0.0625. The first-order chi connectivity index (χ1) is 18.7. The van der Waals surface area contributed by atoms with Crippen LogP contribution in [0.3, 0.4) is 0 Å². The Morgan fingerprint density at radius 1 is 0.487 bits per heavy atom. The fourth-order valence-corrected chi connectivity index (χ4v) is 4.94. The standard InChI is InChI=1S/2C16H13N2S.Zn/c2*1-12-7-9-14(10-8-12)19-18-15-6-2-4-13-5-3-11-17-16(13)15;/h2*2-11H,1H3;/q2*-1;+2. The Bertz CT molecular complexity index is 1510. The van der Waals surface area contributed by atoms with Gasteiger partial charge in [0.15, 0.2) is 0 Å². The van der Waals surface area contributed by atoms with E-state index in [0.717, 1.165) is 43.0 Å². The maximum Gasteiger partial charge on any atom is 2.00 e. The Balaban J connectivity index is 0.000000176. The quantitative estimate of drug-likeness (QED) is 0.142. The van der Waals surface area contributed by atoms with Crippen LogP contribution in [-0.4, -0.2) is 9.97 Å². The van der Waals surface area contributed by atoms with Crippen LogP contribution in [0.15, 0.2) is 131 Å². The first-order valence-corrected chi connectivity index (χ1v) is 13.8. The van der Waals surface area contributed by atoms with E-state index in [1.165, 1.54) is 35.0 Å². The van der Waals surface area contributed by atoms with Gasteiger partial charge in [0.05, 0.1) is 11.0 Å². The first-order valence-electron chi connectivity index (χ1n) is 12.2. The average Bonchev–Trinajstić information content (AvgIpc) is 2.97. The van der Waals surface area contributed by atoms with Crippen LogP contribution < -0.4 is 0 Å². The second-order valence-electron chi connectivity index (χ2n) is 8.70. The summed E-state index contributed by atoms with van der Waals surface area (Å²) in [5.74, 6) is 0. The molecule has 2 aromatic heterocycles. The summed E-state index contributed by atoms with van der Waals surface area (Å²) in [6, 6.07) is 36.8. The topological polar surface area (TPSA) is 54.0 Å². The molecule has 4 aromatic carbocycles. The molecule has 39 heavy (non-hydrogen) atoms. The molecule has 0 fully saturated rings. The molecule has 0 atom stereocenters. The van der Waals surface area contributed by atoms with Crippen LogP contribution in [-0.2, 0) is 19.5 Å². The van der Waals surface area contributed by atoms with Crippen molar-refractivity contribution in [2.75, 3.05) is 0 Å². The van der Waals surface area contributed by atoms with Crippen molar-refractivity contribution in [3.8, 4) is 0 Å². The zero-order valence-electron chi connectivity index (χ0n) is 21.9. The Hall–Kier alpha value is -3.38. The number of benzene rings is 4. The monoisotopic (exact) mass is 594 g/mol. The van der Waals surface area contributed by atoms with Crippen LogP contribution in [0, 0.1) is 13.8 Å². The summed E-state index contributed by atoms with van der Waals surface area (Å²) in [6.07, 6.45) is 3.61. The summed E-state index contributed by atoms with van der Waals surface area (Å²) in [5.41, 5.74) is 6.26. The minimum absolute atomic E-state index is 0. The maximum atomic E-state index is 4.59. The molecule has 6 aromatic rings. The van der Waals surface area contributed by atoms with Crippen molar-refractivity contribution in [1.29, 1.82) is 0 Å². The van der Waals surface area contributed by atoms with E-state index in [-0.39, 0.29) is 19.5 Å². The summed E-state index contributed by atoms with van der Waals surface area (Å²) >= 11 is 2.96. The van der Waals surface area contributed by atoms with E-state index in [0.29, 0.717) is 0 Å². The number of fused-ring (bicyclic) bond motifs is 2. The number of aromatic nitrogens is 2. The first kappa shape index (κ1) is 28.6. The zero-order valence-corrected chi connectivity index (χ0v) is 26.5. The number of hydrogen-bond acceptors (Lipinski definition) is 4. The molecule has 7 heteroatoms. The van der Waals surface area contributed by atoms with Gasteiger partial charge in [0.25, 0.3) is 0 Å². The second-order valence-corrected chi connectivity index (χ2v) is 10.4. The van der Waals surface area contributed by atoms with E-state index < -0.39 is 0 Å². The van der Waals surface area contributed by atoms with Crippen molar-refractivity contribution in [1.82, 2.24) is 9.97 Å². The molecule has 0 saturated heterocycles. The predicted molar refractivity (Wildman–Crippen MR) is 164 cm³/mol. The Morgan fingerprint density at radius 3 is 1.28 bits per heavy atom. The van der Waals surface area contributed by atoms with Crippen molar-refractivity contribution in [3.63, 3.8) is 0 Å². The number of pyridine rings is 2. The minimum atomic E-state index is 0. The fourth-order valence-electron chi connectivity index (χ4n) is 3.73. The molecule has 4 nitrogen and oxygen atoms in total. The molecule has 0 aliphatic carbocycles. The number of nitrogens with zero attached hydrogens (tertiary/aromatic N) is 4. The number of rotatable bonds is 6. The number of hydrogen-bond donors (Lipinski definition) is 0. The third-order valence-corrected chi connectivity index (χ3v) is 7.31. The molecular formula is C32H26N4S2Zn. The van der Waals surface area contributed by atoms with Crippen LogP contribution in [0.2, 0.25) is 0 Å². The molecule has 6 rings (SSSR count). The number of aryl methyl sites for hydroxylation is 2. The van der Waals surface area contributed by atoms with Gasteiger partial charge in [0, 0.05) is 12.4 Å². The molecule has 0 spiro atoms. The van der Waals surface area contributed by atoms with Gasteiger partial charge in [-0.3, -0.25) is 9.97 Å². The molecule has 0 aliphatic heterocycles. The van der Waals surface area contributed by atoms with Gasteiger partial charge in [-0.15, -0.1) is 11.4 Å². The van der Waals surface area contributed by atoms with Gasteiger partial charge in [-0.2, -0.15) is 0 Å². The summed E-state index contributed by atoms with van der Waals surface area (Å²) in [4.78, 5) is 11.1. The predicted octanol–water partition coefficient (Wildman–Crippen LogP) is 10.5. The maximum absolute atomic E-state index is 4.59. The van der Waals surface area contributed by atoms with E-state index in [9.17, 15) is 0 Å².